The van der Waals surface area contributed by atoms with E-state index in [0.29, 0.717) is 5.88 Å². The zero-order valence-corrected chi connectivity index (χ0v) is 12.7. The summed E-state index contributed by atoms with van der Waals surface area (Å²) in [4.78, 5) is 0.928. The molecule has 0 aromatic heterocycles. The van der Waals surface area contributed by atoms with Gasteiger partial charge in [-0.05, 0) is 24.1 Å². The second-order valence-electron chi connectivity index (χ2n) is 4.59. The standard InChI is InChI=1S/C15H23ClOS/c1-2-3-4-5-6-7-12-18(17)15-10-8-14(13-16)9-11-15/h8-11H,2-7,12-13H2,1H3. The van der Waals surface area contributed by atoms with Crippen LogP contribution in [0.5, 0.6) is 0 Å². The molecular formula is C15H23ClOS. The number of hydrogen-bond acceptors (Lipinski definition) is 1. The summed E-state index contributed by atoms with van der Waals surface area (Å²) >= 11 is 5.73. The highest BCUT2D eigenvalue weighted by Gasteiger charge is 2.03. The summed E-state index contributed by atoms with van der Waals surface area (Å²) in [5, 5.41) is 0. The maximum atomic E-state index is 12.0. The fourth-order valence-electron chi connectivity index (χ4n) is 1.86. The van der Waals surface area contributed by atoms with E-state index in [0.717, 1.165) is 22.6 Å². The second-order valence-corrected chi connectivity index (χ2v) is 6.43. The molecule has 0 N–H and O–H groups in total. The molecule has 0 saturated carbocycles. The largest absolute Gasteiger partial charge is 0.254 e. The fourth-order valence-corrected chi connectivity index (χ4v) is 3.18. The minimum Gasteiger partial charge on any atom is -0.254 e. The van der Waals surface area contributed by atoms with E-state index in [4.69, 9.17) is 11.6 Å². The quantitative estimate of drug-likeness (QED) is 0.466. The molecule has 0 fully saturated rings. The molecular weight excluding hydrogens is 264 g/mol. The van der Waals surface area contributed by atoms with E-state index >= 15 is 0 Å². The first kappa shape index (κ1) is 15.7. The molecule has 1 unspecified atom stereocenters. The maximum Gasteiger partial charge on any atom is 0.0529 e. The van der Waals surface area contributed by atoms with E-state index in [2.05, 4.69) is 6.92 Å². The lowest BCUT2D eigenvalue weighted by molar-refractivity contribution is 0.622. The predicted molar refractivity (Wildman–Crippen MR) is 80.7 cm³/mol. The molecule has 18 heavy (non-hydrogen) atoms. The number of alkyl halides is 1. The lowest BCUT2D eigenvalue weighted by Gasteiger charge is -2.03. The van der Waals surface area contributed by atoms with Gasteiger partial charge in [0.15, 0.2) is 0 Å². The average molecular weight is 287 g/mol. The van der Waals surface area contributed by atoms with Crippen LogP contribution in [0.15, 0.2) is 29.2 Å². The lowest BCUT2D eigenvalue weighted by Crippen LogP contribution is -1.98. The van der Waals surface area contributed by atoms with Crippen molar-refractivity contribution in [2.24, 2.45) is 0 Å². The molecule has 1 atom stereocenters. The molecule has 0 saturated heterocycles. The summed E-state index contributed by atoms with van der Waals surface area (Å²) < 4.78 is 12.0. The van der Waals surface area contributed by atoms with Crippen LogP contribution >= 0.6 is 11.6 Å². The van der Waals surface area contributed by atoms with Gasteiger partial charge in [0.25, 0.3) is 0 Å². The zero-order valence-electron chi connectivity index (χ0n) is 11.2. The summed E-state index contributed by atoms with van der Waals surface area (Å²) in [6, 6.07) is 7.79. The van der Waals surface area contributed by atoms with Gasteiger partial charge in [-0.1, -0.05) is 51.2 Å². The fraction of sp³-hybridized carbons (Fsp3) is 0.600. The van der Waals surface area contributed by atoms with Crippen LogP contribution in [0.2, 0.25) is 0 Å². The molecule has 0 heterocycles. The molecule has 0 aliphatic heterocycles. The third-order valence-corrected chi connectivity index (χ3v) is 4.79. The van der Waals surface area contributed by atoms with Gasteiger partial charge in [0, 0.05) is 16.5 Å². The number of unbranched alkanes of at least 4 members (excludes halogenated alkanes) is 5. The lowest BCUT2D eigenvalue weighted by atomic mass is 10.1. The first-order chi connectivity index (χ1) is 8.77. The molecule has 1 rings (SSSR count). The second kappa shape index (κ2) is 9.57. The van der Waals surface area contributed by atoms with Crippen molar-refractivity contribution in [3.8, 4) is 0 Å². The van der Waals surface area contributed by atoms with Crippen molar-refractivity contribution >= 4 is 22.4 Å². The van der Waals surface area contributed by atoms with Gasteiger partial charge in [0.1, 0.15) is 0 Å². The molecule has 1 aromatic rings. The van der Waals surface area contributed by atoms with Crippen molar-refractivity contribution in [3.05, 3.63) is 29.8 Å². The number of hydrogen-bond donors (Lipinski definition) is 0. The van der Waals surface area contributed by atoms with E-state index in [9.17, 15) is 4.21 Å². The Morgan fingerprint density at radius 2 is 1.61 bits per heavy atom. The van der Waals surface area contributed by atoms with Crippen LogP contribution in [0.1, 0.15) is 51.0 Å². The molecule has 1 nitrogen and oxygen atoms in total. The average Bonchev–Trinajstić information content (AvgIpc) is 2.42. The van der Waals surface area contributed by atoms with E-state index in [1.54, 1.807) is 0 Å². The summed E-state index contributed by atoms with van der Waals surface area (Å²) in [6.45, 7) is 2.22. The van der Waals surface area contributed by atoms with Crippen molar-refractivity contribution in [2.45, 2.75) is 56.2 Å². The Kier molecular flexibility index (Phi) is 8.36. The van der Waals surface area contributed by atoms with Crippen LogP contribution in [-0.2, 0) is 16.7 Å². The van der Waals surface area contributed by atoms with Gasteiger partial charge in [0.05, 0.1) is 10.8 Å². The summed E-state index contributed by atoms with van der Waals surface area (Å²) in [5.41, 5.74) is 1.08. The molecule has 3 heteroatoms. The van der Waals surface area contributed by atoms with Crippen molar-refractivity contribution < 1.29 is 4.21 Å². The normalized spacial score (nSPS) is 12.6. The van der Waals surface area contributed by atoms with Crippen molar-refractivity contribution in [1.29, 1.82) is 0 Å². The summed E-state index contributed by atoms with van der Waals surface area (Å²) in [7, 11) is -0.844. The van der Waals surface area contributed by atoms with Gasteiger partial charge in [-0.2, -0.15) is 0 Å². The molecule has 0 aliphatic rings. The highest BCUT2D eigenvalue weighted by Crippen LogP contribution is 2.13. The molecule has 0 aliphatic carbocycles. The third-order valence-electron chi connectivity index (χ3n) is 3.02. The molecule has 0 amide bonds. The Morgan fingerprint density at radius 1 is 1.00 bits per heavy atom. The van der Waals surface area contributed by atoms with Gasteiger partial charge in [0.2, 0.25) is 0 Å². The van der Waals surface area contributed by atoms with E-state index in [1.807, 2.05) is 24.3 Å². The molecule has 102 valence electrons. The van der Waals surface area contributed by atoms with Gasteiger partial charge in [-0.3, -0.25) is 4.21 Å². The summed E-state index contributed by atoms with van der Waals surface area (Å²) in [6.07, 6.45) is 7.45. The van der Waals surface area contributed by atoms with E-state index in [1.165, 1.54) is 32.1 Å². The Balaban J connectivity index is 2.23. The first-order valence-corrected chi connectivity index (χ1v) is 8.66. The third kappa shape index (κ3) is 6.01. The minimum absolute atomic E-state index is 0.518. The molecule has 0 spiro atoms. The minimum atomic E-state index is -0.844. The van der Waals surface area contributed by atoms with Crippen molar-refractivity contribution in [3.63, 3.8) is 0 Å². The zero-order chi connectivity index (χ0) is 13.2. The topological polar surface area (TPSA) is 17.1 Å². The SMILES string of the molecule is CCCCCCCCS(=O)c1ccc(CCl)cc1. The maximum absolute atomic E-state index is 12.0. The van der Waals surface area contributed by atoms with E-state index < -0.39 is 10.8 Å². The Labute approximate surface area is 118 Å². The van der Waals surface area contributed by atoms with Crippen molar-refractivity contribution in [2.75, 3.05) is 5.75 Å². The Hall–Kier alpha value is -0.340. The van der Waals surface area contributed by atoms with E-state index in [-0.39, 0.29) is 0 Å². The smallest absolute Gasteiger partial charge is 0.0529 e. The van der Waals surface area contributed by atoms with Gasteiger partial charge < -0.3 is 0 Å². The van der Waals surface area contributed by atoms with Gasteiger partial charge in [-0.25, -0.2) is 0 Å². The van der Waals surface area contributed by atoms with Crippen LogP contribution < -0.4 is 0 Å². The monoisotopic (exact) mass is 286 g/mol. The predicted octanol–water partition coefficient (Wildman–Crippen LogP) is 4.89. The van der Waals surface area contributed by atoms with Crippen molar-refractivity contribution in [1.82, 2.24) is 0 Å². The van der Waals surface area contributed by atoms with Crippen LogP contribution in [-0.4, -0.2) is 9.96 Å². The van der Waals surface area contributed by atoms with Crippen LogP contribution in [0.25, 0.3) is 0 Å². The molecule has 1 aromatic carbocycles. The highest BCUT2D eigenvalue weighted by molar-refractivity contribution is 7.85. The molecule has 0 bridgehead atoms. The Bertz CT molecular complexity index is 348. The van der Waals surface area contributed by atoms with Crippen LogP contribution in [0.4, 0.5) is 0 Å². The number of halogens is 1. The highest BCUT2D eigenvalue weighted by atomic mass is 35.5. The molecule has 0 radical (unpaired) electrons. The van der Waals surface area contributed by atoms with Gasteiger partial charge in [-0.15, -0.1) is 11.6 Å². The number of rotatable bonds is 9. The first-order valence-electron chi connectivity index (χ1n) is 6.81. The Morgan fingerprint density at radius 3 is 2.22 bits per heavy atom. The van der Waals surface area contributed by atoms with Crippen LogP contribution in [0, 0.1) is 0 Å². The van der Waals surface area contributed by atoms with Crippen LogP contribution in [0.3, 0.4) is 0 Å². The summed E-state index contributed by atoms with van der Waals surface area (Å²) in [5.74, 6) is 1.30. The van der Waals surface area contributed by atoms with Gasteiger partial charge >= 0.3 is 0 Å². The number of benzene rings is 1.